The average molecular weight is 327 g/mol. The number of nitrogens with two attached hydrogens (primary N) is 1. The van der Waals surface area contributed by atoms with E-state index in [4.69, 9.17) is 5.73 Å². The van der Waals surface area contributed by atoms with Crippen LogP contribution >= 0.6 is 0 Å². The molecule has 3 N–H and O–H groups in total. The van der Waals surface area contributed by atoms with Crippen molar-refractivity contribution in [1.29, 1.82) is 0 Å². The first-order chi connectivity index (χ1) is 11.7. The highest BCUT2D eigenvalue weighted by atomic mass is 16.2. The molecule has 2 saturated carbocycles. The van der Waals surface area contributed by atoms with E-state index in [-0.39, 0.29) is 23.9 Å². The Morgan fingerprint density at radius 3 is 2.71 bits per heavy atom. The third-order valence-corrected chi connectivity index (χ3v) is 6.38. The van der Waals surface area contributed by atoms with E-state index in [9.17, 15) is 4.79 Å². The van der Waals surface area contributed by atoms with Gasteiger partial charge < -0.3 is 11.1 Å². The lowest BCUT2D eigenvalue weighted by molar-refractivity contribution is -0.128. The van der Waals surface area contributed by atoms with Crippen molar-refractivity contribution in [2.45, 2.75) is 50.7 Å². The van der Waals surface area contributed by atoms with Crippen LogP contribution in [0.1, 0.15) is 37.7 Å². The lowest BCUT2D eigenvalue weighted by Crippen LogP contribution is -2.52. The maximum absolute atomic E-state index is 12.8. The summed E-state index contributed by atoms with van der Waals surface area (Å²) >= 11 is 0. The van der Waals surface area contributed by atoms with E-state index >= 15 is 0 Å². The summed E-state index contributed by atoms with van der Waals surface area (Å²) in [7, 11) is 0. The van der Waals surface area contributed by atoms with Crippen molar-refractivity contribution in [2.75, 3.05) is 13.1 Å². The minimum Gasteiger partial charge on any atom is -0.352 e. The molecular weight excluding hydrogens is 298 g/mol. The van der Waals surface area contributed by atoms with Gasteiger partial charge in [0.15, 0.2) is 0 Å². The summed E-state index contributed by atoms with van der Waals surface area (Å²) in [6.45, 7) is 3.05. The fraction of sp³-hybridized carbons (Fsp3) is 0.650. The molecule has 1 aliphatic heterocycles. The van der Waals surface area contributed by atoms with E-state index < -0.39 is 0 Å². The lowest BCUT2D eigenvalue weighted by atomic mass is 9.84. The molecular formula is C20H29N3O. The number of fused-ring (bicyclic) bond motifs is 2. The highest BCUT2D eigenvalue weighted by Crippen LogP contribution is 2.47. The van der Waals surface area contributed by atoms with E-state index in [0.717, 1.165) is 32.5 Å². The SMILES string of the molecule is NC1C2CCC(C2)C1C(=O)NC1CCCN(Cc2ccccc2)C1. The van der Waals surface area contributed by atoms with Crippen molar-refractivity contribution in [3.8, 4) is 0 Å². The van der Waals surface area contributed by atoms with Crippen molar-refractivity contribution in [1.82, 2.24) is 10.2 Å². The second kappa shape index (κ2) is 6.85. The minimum atomic E-state index is 0.0632. The monoisotopic (exact) mass is 327 g/mol. The van der Waals surface area contributed by atoms with Gasteiger partial charge in [0.05, 0.1) is 5.92 Å². The Balaban J connectivity index is 1.32. The molecule has 3 fully saturated rings. The number of likely N-dealkylation sites (tertiary alicyclic amines) is 1. The zero-order chi connectivity index (χ0) is 16.5. The Morgan fingerprint density at radius 1 is 1.17 bits per heavy atom. The highest BCUT2D eigenvalue weighted by Gasteiger charge is 2.49. The molecule has 24 heavy (non-hydrogen) atoms. The molecule has 2 bridgehead atoms. The molecule has 4 rings (SSSR count). The summed E-state index contributed by atoms with van der Waals surface area (Å²) < 4.78 is 0. The van der Waals surface area contributed by atoms with Gasteiger partial charge in [-0.05, 0) is 56.0 Å². The van der Waals surface area contributed by atoms with Crippen LogP contribution in [-0.4, -0.2) is 36.0 Å². The molecule has 0 aromatic heterocycles. The predicted octanol–water partition coefficient (Wildman–Crippen LogP) is 2.14. The quantitative estimate of drug-likeness (QED) is 0.891. The first-order valence-electron chi connectivity index (χ1n) is 9.53. The summed E-state index contributed by atoms with van der Waals surface area (Å²) in [6.07, 6.45) is 5.84. The maximum atomic E-state index is 12.8. The third-order valence-electron chi connectivity index (χ3n) is 6.38. The lowest BCUT2D eigenvalue weighted by Gasteiger charge is -2.35. The Bertz CT molecular complexity index is 574. The molecule has 1 heterocycles. The van der Waals surface area contributed by atoms with Gasteiger partial charge in [0.25, 0.3) is 0 Å². The molecule has 1 amide bonds. The summed E-state index contributed by atoms with van der Waals surface area (Å²) in [5.41, 5.74) is 7.68. The second-order valence-corrected chi connectivity index (χ2v) is 8.00. The smallest absolute Gasteiger partial charge is 0.225 e. The Labute approximate surface area is 144 Å². The van der Waals surface area contributed by atoms with Gasteiger partial charge in [-0.15, -0.1) is 0 Å². The van der Waals surface area contributed by atoms with Crippen molar-refractivity contribution >= 4 is 5.91 Å². The molecule has 1 aromatic carbocycles. The number of benzene rings is 1. The molecule has 130 valence electrons. The van der Waals surface area contributed by atoms with Gasteiger partial charge in [-0.1, -0.05) is 30.3 Å². The Kier molecular flexibility index (Phi) is 4.59. The second-order valence-electron chi connectivity index (χ2n) is 8.00. The molecule has 4 nitrogen and oxygen atoms in total. The zero-order valence-electron chi connectivity index (χ0n) is 14.4. The number of amides is 1. The van der Waals surface area contributed by atoms with Crippen LogP contribution in [0.4, 0.5) is 0 Å². The summed E-state index contributed by atoms with van der Waals surface area (Å²) in [5.74, 6) is 1.41. The Morgan fingerprint density at radius 2 is 1.96 bits per heavy atom. The van der Waals surface area contributed by atoms with Crippen molar-refractivity contribution in [3.05, 3.63) is 35.9 Å². The van der Waals surface area contributed by atoms with E-state index in [0.29, 0.717) is 11.8 Å². The van der Waals surface area contributed by atoms with Gasteiger partial charge >= 0.3 is 0 Å². The van der Waals surface area contributed by atoms with Crippen LogP contribution in [0.25, 0.3) is 0 Å². The number of hydrogen-bond acceptors (Lipinski definition) is 3. The molecule has 1 aromatic rings. The number of carbonyl (C=O) groups is 1. The van der Waals surface area contributed by atoms with Crippen LogP contribution in [0.15, 0.2) is 30.3 Å². The largest absolute Gasteiger partial charge is 0.352 e. The Hall–Kier alpha value is -1.39. The third kappa shape index (κ3) is 3.22. The first-order valence-corrected chi connectivity index (χ1v) is 9.53. The number of hydrogen-bond donors (Lipinski definition) is 2. The molecule has 5 atom stereocenters. The van der Waals surface area contributed by atoms with Crippen LogP contribution in [0.5, 0.6) is 0 Å². The fourth-order valence-corrected chi connectivity index (χ4v) is 5.18. The van der Waals surface area contributed by atoms with Crippen LogP contribution in [0.2, 0.25) is 0 Å². The highest BCUT2D eigenvalue weighted by molar-refractivity contribution is 5.80. The van der Waals surface area contributed by atoms with Crippen LogP contribution in [0, 0.1) is 17.8 Å². The summed E-state index contributed by atoms with van der Waals surface area (Å²) in [4.78, 5) is 15.2. The van der Waals surface area contributed by atoms with E-state index in [1.165, 1.54) is 24.8 Å². The van der Waals surface area contributed by atoms with Crippen molar-refractivity contribution in [2.24, 2.45) is 23.5 Å². The van der Waals surface area contributed by atoms with Crippen molar-refractivity contribution < 1.29 is 4.79 Å². The number of piperidine rings is 1. The first kappa shape index (κ1) is 16.1. The molecule has 1 saturated heterocycles. The standard InChI is InChI=1S/C20H29N3O/c21-19-16-9-8-15(11-16)18(19)20(24)22-17-7-4-10-23(13-17)12-14-5-2-1-3-6-14/h1-3,5-6,15-19H,4,7-13,21H2,(H,22,24). The number of carbonyl (C=O) groups excluding carboxylic acids is 1. The molecule has 3 aliphatic rings. The maximum Gasteiger partial charge on any atom is 0.225 e. The van der Waals surface area contributed by atoms with Gasteiger partial charge in [-0.2, -0.15) is 0 Å². The average Bonchev–Trinajstić information content (AvgIpc) is 3.17. The predicted molar refractivity (Wildman–Crippen MR) is 95.2 cm³/mol. The van der Waals surface area contributed by atoms with E-state index in [1.807, 2.05) is 0 Å². The number of nitrogens with one attached hydrogen (secondary N) is 1. The minimum absolute atomic E-state index is 0.0632. The van der Waals surface area contributed by atoms with Crippen LogP contribution in [-0.2, 0) is 11.3 Å². The van der Waals surface area contributed by atoms with Gasteiger partial charge in [0.2, 0.25) is 5.91 Å². The number of rotatable bonds is 4. The van der Waals surface area contributed by atoms with E-state index in [1.54, 1.807) is 0 Å². The van der Waals surface area contributed by atoms with Gasteiger partial charge in [-0.25, -0.2) is 0 Å². The number of nitrogens with zero attached hydrogens (tertiary/aromatic N) is 1. The van der Waals surface area contributed by atoms with Gasteiger partial charge in [-0.3, -0.25) is 9.69 Å². The zero-order valence-corrected chi connectivity index (χ0v) is 14.4. The van der Waals surface area contributed by atoms with Gasteiger partial charge in [0, 0.05) is 25.2 Å². The summed E-state index contributed by atoms with van der Waals surface area (Å²) in [5, 5.41) is 3.33. The molecule has 0 spiro atoms. The van der Waals surface area contributed by atoms with Crippen LogP contribution in [0.3, 0.4) is 0 Å². The van der Waals surface area contributed by atoms with E-state index in [2.05, 4.69) is 40.5 Å². The topological polar surface area (TPSA) is 58.4 Å². The normalized spacial score (nSPS) is 36.0. The molecule has 0 radical (unpaired) electrons. The molecule has 4 heteroatoms. The molecule has 5 unspecified atom stereocenters. The fourth-order valence-electron chi connectivity index (χ4n) is 5.18. The summed E-state index contributed by atoms with van der Waals surface area (Å²) in [6, 6.07) is 11.0. The van der Waals surface area contributed by atoms with Crippen molar-refractivity contribution in [3.63, 3.8) is 0 Å². The van der Waals surface area contributed by atoms with Crippen LogP contribution < -0.4 is 11.1 Å². The molecule has 2 aliphatic carbocycles. The van der Waals surface area contributed by atoms with Gasteiger partial charge in [0.1, 0.15) is 0 Å².